The number of amides is 2. The van der Waals surface area contributed by atoms with Gasteiger partial charge in [0, 0.05) is 12.6 Å². The number of fused-ring (bicyclic) bond motifs is 1. The zero-order valence-electron chi connectivity index (χ0n) is 21.4. The van der Waals surface area contributed by atoms with E-state index in [9.17, 15) is 14.4 Å². The third kappa shape index (κ3) is 5.35. The molecule has 6 nitrogen and oxygen atoms in total. The molecule has 8 heteroatoms. The fourth-order valence-corrected chi connectivity index (χ4v) is 5.15. The second kappa shape index (κ2) is 11.1. The van der Waals surface area contributed by atoms with Crippen LogP contribution in [-0.4, -0.2) is 27.6 Å². The Hall–Kier alpha value is -3.87. The van der Waals surface area contributed by atoms with Gasteiger partial charge in [0.2, 0.25) is 5.95 Å². The molecule has 2 amide bonds. The van der Waals surface area contributed by atoms with Gasteiger partial charge in [0.1, 0.15) is 0 Å². The maximum atomic E-state index is 13.7. The average Bonchev–Trinajstić information content (AvgIpc) is 2.93. The highest BCUT2D eigenvalue weighted by Gasteiger charge is 2.33. The highest BCUT2D eigenvalue weighted by Crippen LogP contribution is 2.34. The van der Waals surface area contributed by atoms with Crippen LogP contribution in [0.2, 0.25) is 10.0 Å². The van der Waals surface area contributed by atoms with E-state index in [4.69, 9.17) is 23.2 Å². The van der Waals surface area contributed by atoms with E-state index in [1.807, 2.05) is 0 Å². The van der Waals surface area contributed by atoms with E-state index in [2.05, 4.69) is 48.1 Å². The molecule has 39 heavy (non-hydrogen) atoms. The second-order valence-electron chi connectivity index (χ2n) is 9.79. The van der Waals surface area contributed by atoms with Gasteiger partial charge in [-0.25, -0.2) is 14.9 Å². The molecule has 0 radical (unpaired) electrons. The molecule has 4 aromatic rings. The van der Waals surface area contributed by atoms with Gasteiger partial charge in [-0.15, -0.1) is 0 Å². The van der Waals surface area contributed by atoms with Crippen LogP contribution in [0, 0.1) is 0 Å². The number of anilines is 1. The monoisotopic (exact) mass is 557 g/mol. The van der Waals surface area contributed by atoms with Crippen molar-refractivity contribution in [1.82, 2.24) is 9.97 Å². The maximum absolute atomic E-state index is 13.7. The molecule has 0 fully saturated rings. The minimum Gasteiger partial charge on any atom is -0.294 e. The van der Waals surface area contributed by atoms with Gasteiger partial charge in [-0.3, -0.25) is 14.4 Å². The van der Waals surface area contributed by atoms with E-state index in [-0.39, 0.29) is 38.8 Å². The Bertz CT molecular complexity index is 1530. The van der Waals surface area contributed by atoms with Crippen molar-refractivity contribution in [3.63, 3.8) is 0 Å². The summed E-state index contributed by atoms with van der Waals surface area (Å²) in [6.07, 6.45) is 2.19. The van der Waals surface area contributed by atoms with Crippen LogP contribution in [0.25, 0.3) is 0 Å². The van der Waals surface area contributed by atoms with Crippen molar-refractivity contribution in [3.05, 3.63) is 123 Å². The Labute approximate surface area is 236 Å². The summed E-state index contributed by atoms with van der Waals surface area (Å²) in [5.41, 5.74) is 3.36. The molecule has 0 aliphatic heterocycles. The number of imide groups is 1. The Balaban J connectivity index is 1.56. The Morgan fingerprint density at radius 2 is 1.41 bits per heavy atom. The number of rotatable bonds is 5. The largest absolute Gasteiger partial charge is 0.294 e. The number of halogens is 2. The molecule has 196 valence electrons. The van der Waals surface area contributed by atoms with E-state index >= 15 is 0 Å². The lowest BCUT2D eigenvalue weighted by Crippen LogP contribution is -2.39. The normalized spacial score (nSPS) is 14.7. The van der Waals surface area contributed by atoms with Crippen molar-refractivity contribution in [1.29, 1.82) is 0 Å². The number of hydrogen-bond donors (Lipinski definition) is 0. The smallest absolute Gasteiger partial charge is 0.269 e. The minimum absolute atomic E-state index is 0.0813. The lowest BCUT2D eigenvalue weighted by atomic mass is 9.81. The fraction of sp³-hybridized carbons (Fsp3) is 0.194. The highest BCUT2D eigenvalue weighted by molar-refractivity contribution is 6.38. The van der Waals surface area contributed by atoms with Crippen molar-refractivity contribution < 1.29 is 14.4 Å². The molecule has 1 heterocycles. The summed E-state index contributed by atoms with van der Waals surface area (Å²) in [5.74, 6) is -1.31. The maximum Gasteiger partial charge on any atom is 0.269 e. The Kier molecular flexibility index (Phi) is 7.60. The van der Waals surface area contributed by atoms with Gasteiger partial charge in [0.25, 0.3) is 11.8 Å². The zero-order chi connectivity index (χ0) is 27.7. The predicted molar refractivity (Wildman–Crippen MR) is 152 cm³/mol. The van der Waals surface area contributed by atoms with Gasteiger partial charge < -0.3 is 0 Å². The summed E-state index contributed by atoms with van der Waals surface area (Å²) in [6, 6.07) is 21.1. The molecule has 1 aromatic heterocycles. The van der Waals surface area contributed by atoms with Gasteiger partial charge in [0.15, 0.2) is 5.78 Å². The van der Waals surface area contributed by atoms with Crippen LogP contribution in [0.1, 0.15) is 80.0 Å². The first kappa shape index (κ1) is 26.7. The lowest BCUT2D eigenvalue weighted by Gasteiger charge is -2.25. The second-order valence-corrected chi connectivity index (χ2v) is 10.6. The van der Waals surface area contributed by atoms with Gasteiger partial charge in [-0.05, 0) is 53.6 Å². The summed E-state index contributed by atoms with van der Waals surface area (Å²) in [5, 5.41) is 0.356. The number of Topliss-reactive ketones (excluding diaryl/α,β-unsaturated/α-hetero) is 1. The first-order valence-corrected chi connectivity index (χ1v) is 13.4. The molecule has 0 unspecified atom stereocenters. The molecule has 1 atom stereocenters. The average molecular weight is 558 g/mol. The van der Waals surface area contributed by atoms with Crippen molar-refractivity contribution in [3.8, 4) is 0 Å². The molecule has 0 saturated carbocycles. The first-order chi connectivity index (χ1) is 18.7. The van der Waals surface area contributed by atoms with E-state index in [0.29, 0.717) is 30.0 Å². The standard InChI is InChI=1S/C31H25Cl2N3O3/c1-18(2)19-11-13-20(14-12-19)21-15-27-24(28(37)16-21)17-34-31(35-27)36(29(38)22-7-3-5-9-25(22)32)30(39)23-8-4-6-10-26(23)33/h3-14,17-18,21H,15-16H2,1-2H3/t21-/m1/s1. The third-order valence-corrected chi connectivity index (χ3v) is 7.58. The molecule has 0 bridgehead atoms. The van der Waals surface area contributed by atoms with Crippen molar-refractivity contribution in [2.24, 2.45) is 0 Å². The van der Waals surface area contributed by atoms with Crippen LogP contribution >= 0.6 is 23.2 Å². The predicted octanol–water partition coefficient (Wildman–Crippen LogP) is 7.31. The van der Waals surface area contributed by atoms with Crippen LogP contribution in [0.4, 0.5) is 5.95 Å². The topological polar surface area (TPSA) is 80.2 Å². The van der Waals surface area contributed by atoms with E-state index in [1.165, 1.54) is 23.9 Å². The molecule has 3 aromatic carbocycles. The summed E-state index contributed by atoms with van der Waals surface area (Å²) in [4.78, 5) is 50.3. The number of benzene rings is 3. The van der Waals surface area contributed by atoms with Gasteiger partial charge in [-0.2, -0.15) is 0 Å². The molecule has 0 saturated heterocycles. The Morgan fingerprint density at radius 1 is 0.846 bits per heavy atom. The van der Waals surface area contributed by atoms with Crippen LogP contribution in [0.5, 0.6) is 0 Å². The number of ketones is 1. The van der Waals surface area contributed by atoms with E-state index < -0.39 is 11.8 Å². The molecule has 5 rings (SSSR count). The van der Waals surface area contributed by atoms with E-state index in [0.717, 1.165) is 10.5 Å². The molecule has 0 spiro atoms. The summed E-state index contributed by atoms with van der Waals surface area (Å²) >= 11 is 12.6. The lowest BCUT2D eigenvalue weighted by molar-refractivity contribution is 0.0894. The van der Waals surface area contributed by atoms with Crippen molar-refractivity contribution in [2.45, 2.75) is 38.5 Å². The first-order valence-electron chi connectivity index (χ1n) is 12.6. The number of carbonyl (C=O) groups is 3. The number of carbonyl (C=O) groups excluding carboxylic acids is 3. The van der Waals surface area contributed by atoms with Gasteiger partial charge in [0.05, 0.1) is 32.4 Å². The summed E-state index contributed by atoms with van der Waals surface area (Å²) < 4.78 is 0. The number of aromatic nitrogens is 2. The SMILES string of the molecule is CC(C)c1ccc([C@H]2CC(=O)c3cnc(N(C(=O)c4ccccc4Cl)C(=O)c4ccccc4Cl)nc3C2)cc1. The Morgan fingerprint density at radius 3 is 1.95 bits per heavy atom. The molecule has 1 aliphatic rings. The molecular formula is C31H25Cl2N3O3. The van der Waals surface area contributed by atoms with Gasteiger partial charge >= 0.3 is 0 Å². The quantitative estimate of drug-likeness (QED) is 0.240. The number of nitrogens with zero attached hydrogens (tertiary/aromatic N) is 3. The van der Waals surface area contributed by atoms with Crippen LogP contribution in [0.3, 0.4) is 0 Å². The van der Waals surface area contributed by atoms with Crippen LogP contribution < -0.4 is 4.90 Å². The zero-order valence-corrected chi connectivity index (χ0v) is 22.9. The molecule has 1 aliphatic carbocycles. The number of hydrogen-bond acceptors (Lipinski definition) is 5. The highest BCUT2D eigenvalue weighted by atomic mass is 35.5. The van der Waals surface area contributed by atoms with Crippen molar-refractivity contribution in [2.75, 3.05) is 4.90 Å². The molecule has 0 N–H and O–H groups in total. The third-order valence-electron chi connectivity index (χ3n) is 6.92. The fourth-order valence-electron chi connectivity index (χ4n) is 4.72. The van der Waals surface area contributed by atoms with Crippen LogP contribution in [-0.2, 0) is 6.42 Å². The van der Waals surface area contributed by atoms with Crippen molar-refractivity contribution >= 4 is 46.7 Å². The molecular weight excluding hydrogens is 533 g/mol. The summed E-state index contributed by atoms with van der Waals surface area (Å²) in [7, 11) is 0. The van der Waals surface area contributed by atoms with Gasteiger partial charge in [-0.1, -0.05) is 85.6 Å². The van der Waals surface area contributed by atoms with Crippen LogP contribution in [0.15, 0.2) is 79.0 Å². The summed E-state index contributed by atoms with van der Waals surface area (Å²) in [6.45, 7) is 4.26. The minimum atomic E-state index is -0.701. The van der Waals surface area contributed by atoms with E-state index in [1.54, 1.807) is 36.4 Å².